The average Bonchev–Trinajstić information content (AvgIpc) is 2.67. The summed E-state index contributed by atoms with van der Waals surface area (Å²) in [6.07, 6.45) is 1.59. The molecule has 80 valence electrons. The van der Waals surface area contributed by atoms with Gasteiger partial charge in [0.1, 0.15) is 4.83 Å². The van der Waals surface area contributed by atoms with Crippen molar-refractivity contribution < 1.29 is 4.74 Å². The second-order valence-electron chi connectivity index (χ2n) is 3.40. The minimum absolute atomic E-state index is 0.00537. The molecule has 0 saturated heterocycles. The van der Waals surface area contributed by atoms with Crippen molar-refractivity contribution in [3.05, 3.63) is 28.1 Å². The molecule has 2 rings (SSSR count). The molecule has 0 aliphatic carbocycles. The Balaban J connectivity index is 2.52. The molecule has 0 saturated carbocycles. The fraction of sp³-hybridized carbons (Fsp3) is 0.400. The monoisotopic (exact) mass is 224 g/mol. The summed E-state index contributed by atoms with van der Waals surface area (Å²) in [6, 6.07) is 1.82. The van der Waals surface area contributed by atoms with Gasteiger partial charge in [-0.25, -0.2) is 4.98 Å². The predicted octanol–water partition coefficient (Wildman–Crippen LogP) is 1.67. The van der Waals surface area contributed by atoms with Crippen LogP contribution in [0.1, 0.15) is 13.0 Å². The maximum absolute atomic E-state index is 12.0. The number of nitrogens with zero attached hydrogens (tertiary/aromatic N) is 2. The van der Waals surface area contributed by atoms with E-state index in [4.69, 9.17) is 4.74 Å². The van der Waals surface area contributed by atoms with E-state index < -0.39 is 0 Å². The third kappa shape index (κ3) is 1.80. The van der Waals surface area contributed by atoms with E-state index in [1.54, 1.807) is 18.0 Å². The van der Waals surface area contributed by atoms with Gasteiger partial charge in [-0.2, -0.15) is 0 Å². The van der Waals surface area contributed by atoms with Crippen LogP contribution in [0.25, 0.3) is 10.2 Å². The minimum Gasteiger partial charge on any atom is -0.383 e. The molecule has 0 radical (unpaired) electrons. The lowest BCUT2D eigenvalue weighted by molar-refractivity contribution is 0.160. The zero-order chi connectivity index (χ0) is 10.8. The zero-order valence-corrected chi connectivity index (χ0v) is 9.45. The normalized spacial score (nSPS) is 13.2. The molecule has 2 aromatic heterocycles. The first-order valence-electron chi connectivity index (χ1n) is 4.67. The molecule has 0 aromatic carbocycles. The van der Waals surface area contributed by atoms with Gasteiger partial charge < -0.3 is 4.74 Å². The summed E-state index contributed by atoms with van der Waals surface area (Å²) in [4.78, 5) is 17.0. The summed E-state index contributed by atoms with van der Waals surface area (Å²) >= 11 is 1.48. The first-order chi connectivity index (χ1) is 7.24. The van der Waals surface area contributed by atoms with Gasteiger partial charge in [-0.1, -0.05) is 0 Å². The largest absolute Gasteiger partial charge is 0.383 e. The van der Waals surface area contributed by atoms with Crippen LogP contribution in [0.3, 0.4) is 0 Å². The van der Waals surface area contributed by atoms with E-state index in [9.17, 15) is 4.79 Å². The predicted molar refractivity (Wildman–Crippen MR) is 60.5 cm³/mol. The van der Waals surface area contributed by atoms with Crippen LogP contribution in [-0.2, 0) is 4.74 Å². The molecule has 0 aliphatic heterocycles. The highest BCUT2D eigenvalue weighted by molar-refractivity contribution is 7.16. The summed E-state index contributed by atoms with van der Waals surface area (Å²) in [5, 5.41) is 2.56. The number of aromatic nitrogens is 2. The molecule has 5 heteroatoms. The van der Waals surface area contributed by atoms with Crippen LogP contribution in [0, 0.1) is 0 Å². The molecule has 0 spiro atoms. The lowest BCUT2D eigenvalue weighted by Crippen LogP contribution is -2.25. The van der Waals surface area contributed by atoms with Gasteiger partial charge in [0.15, 0.2) is 0 Å². The number of methoxy groups -OCH3 is 1. The van der Waals surface area contributed by atoms with Gasteiger partial charge in [0.25, 0.3) is 5.56 Å². The summed E-state index contributed by atoms with van der Waals surface area (Å²) in [5.74, 6) is 0. The first kappa shape index (κ1) is 10.3. The van der Waals surface area contributed by atoms with Gasteiger partial charge in [-0.15, -0.1) is 11.3 Å². The maximum atomic E-state index is 12.0. The fourth-order valence-corrected chi connectivity index (χ4v) is 2.23. The molecule has 0 bridgehead atoms. The molecule has 1 atom stereocenters. The Hall–Kier alpha value is -1.20. The number of hydrogen-bond acceptors (Lipinski definition) is 4. The second-order valence-corrected chi connectivity index (χ2v) is 4.30. The highest BCUT2D eigenvalue weighted by Gasteiger charge is 2.09. The molecular formula is C10H12N2O2S. The van der Waals surface area contributed by atoms with Crippen LogP contribution < -0.4 is 5.56 Å². The van der Waals surface area contributed by atoms with E-state index in [2.05, 4.69) is 4.98 Å². The van der Waals surface area contributed by atoms with Crippen LogP contribution in [0.4, 0.5) is 0 Å². The first-order valence-corrected chi connectivity index (χ1v) is 5.55. The summed E-state index contributed by atoms with van der Waals surface area (Å²) < 4.78 is 6.63. The topological polar surface area (TPSA) is 44.1 Å². The Morgan fingerprint density at radius 1 is 1.67 bits per heavy atom. The average molecular weight is 224 g/mol. The third-order valence-electron chi connectivity index (χ3n) is 2.29. The second kappa shape index (κ2) is 4.12. The van der Waals surface area contributed by atoms with Crippen molar-refractivity contribution in [2.75, 3.05) is 13.7 Å². The van der Waals surface area contributed by atoms with Gasteiger partial charge >= 0.3 is 0 Å². The molecule has 0 unspecified atom stereocenters. The maximum Gasteiger partial charge on any atom is 0.262 e. The number of fused-ring (bicyclic) bond motifs is 1. The molecule has 0 aliphatic rings. The Morgan fingerprint density at radius 3 is 3.20 bits per heavy atom. The minimum atomic E-state index is 0.00537. The molecule has 2 aromatic rings. The highest BCUT2D eigenvalue weighted by atomic mass is 32.1. The van der Waals surface area contributed by atoms with E-state index in [-0.39, 0.29) is 11.6 Å². The van der Waals surface area contributed by atoms with Crippen molar-refractivity contribution in [2.24, 2.45) is 0 Å². The van der Waals surface area contributed by atoms with Gasteiger partial charge in [-0.3, -0.25) is 9.36 Å². The molecule has 0 amide bonds. The quantitative estimate of drug-likeness (QED) is 0.796. The van der Waals surface area contributed by atoms with Crippen LogP contribution in [-0.4, -0.2) is 23.3 Å². The van der Waals surface area contributed by atoms with E-state index in [0.29, 0.717) is 12.0 Å². The van der Waals surface area contributed by atoms with Crippen LogP contribution in [0.5, 0.6) is 0 Å². The van der Waals surface area contributed by atoms with Crippen molar-refractivity contribution in [1.82, 2.24) is 9.55 Å². The highest BCUT2D eigenvalue weighted by Crippen LogP contribution is 2.14. The van der Waals surface area contributed by atoms with E-state index in [0.717, 1.165) is 4.83 Å². The van der Waals surface area contributed by atoms with Crippen molar-refractivity contribution in [3.63, 3.8) is 0 Å². The van der Waals surface area contributed by atoms with Gasteiger partial charge in [0.2, 0.25) is 0 Å². The van der Waals surface area contributed by atoms with Gasteiger partial charge in [-0.05, 0) is 18.4 Å². The van der Waals surface area contributed by atoms with Crippen molar-refractivity contribution in [2.45, 2.75) is 13.0 Å². The molecule has 2 heterocycles. The lowest BCUT2D eigenvalue weighted by atomic mass is 10.3. The van der Waals surface area contributed by atoms with Crippen LogP contribution in [0.15, 0.2) is 22.6 Å². The molecule has 4 nitrogen and oxygen atoms in total. The summed E-state index contributed by atoms with van der Waals surface area (Å²) in [6.45, 7) is 2.45. The van der Waals surface area contributed by atoms with Crippen LogP contribution in [0.2, 0.25) is 0 Å². The molecule has 0 fully saturated rings. The number of thiophene rings is 1. The van der Waals surface area contributed by atoms with E-state index in [1.807, 2.05) is 18.4 Å². The summed E-state index contributed by atoms with van der Waals surface area (Å²) in [5.41, 5.74) is 0.00537. The Morgan fingerprint density at radius 2 is 2.47 bits per heavy atom. The number of rotatable bonds is 3. The van der Waals surface area contributed by atoms with Crippen LogP contribution >= 0.6 is 11.3 Å². The number of hydrogen-bond donors (Lipinski definition) is 0. The van der Waals surface area contributed by atoms with E-state index in [1.165, 1.54) is 11.3 Å². The van der Waals surface area contributed by atoms with E-state index >= 15 is 0 Å². The summed E-state index contributed by atoms with van der Waals surface area (Å²) in [7, 11) is 1.62. The Kier molecular flexibility index (Phi) is 2.83. The SMILES string of the molecule is COC[C@H](C)n1cnc2sccc2c1=O. The van der Waals surface area contributed by atoms with Crippen molar-refractivity contribution >= 4 is 21.6 Å². The standard InChI is InChI=1S/C10H12N2O2S/c1-7(5-14-2)12-6-11-9-8(10(12)13)3-4-15-9/h3-4,6-7H,5H2,1-2H3/t7-/m0/s1. The van der Waals surface area contributed by atoms with Gasteiger partial charge in [0, 0.05) is 7.11 Å². The smallest absolute Gasteiger partial charge is 0.262 e. The molecular weight excluding hydrogens is 212 g/mol. The fourth-order valence-electron chi connectivity index (χ4n) is 1.51. The number of ether oxygens (including phenoxy) is 1. The Labute approximate surface area is 91.1 Å². The third-order valence-corrected chi connectivity index (χ3v) is 3.11. The van der Waals surface area contributed by atoms with Gasteiger partial charge in [0.05, 0.1) is 24.4 Å². The van der Waals surface area contributed by atoms with Crippen molar-refractivity contribution in [3.8, 4) is 0 Å². The molecule has 0 N–H and O–H groups in total. The lowest BCUT2D eigenvalue weighted by Gasteiger charge is -2.12. The molecule has 15 heavy (non-hydrogen) atoms. The zero-order valence-electron chi connectivity index (χ0n) is 8.64. The van der Waals surface area contributed by atoms with Crippen molar-refractivity contribution in [1.29, 1.82) is 0 Å². The Bertz CT molecular complexity index is 517.